The number of unbranched alkanes of at least 4 members (excludes halogenated alkanes) is 1. The predicted molar refractivity (Wildman–Crippen MR) is 127 cm³/mol. The van der Waals surface area contributed by atoms with Crippen LogP contribution in [0.4, 0.5) is 9.59 Å². The Kier molecular flexibility index (Phi) is 7.23. The highest BCUT2D eigenvalue weighted by atomic mass is 16.2. The van der Waals surface area contributed by atoms with E-state index in [-0.39, 0.29) is 13.1 Å². The number of amides is 8. The van der Waals surface area contributed by atoms with Crippen LogP contribution in [0.2, 0.25) is 0 Å². The number of carbonyl (C=O) groups excluding carboxylic acids is 6. The molecule has 4 rings (SSSR count). The summed E-state index contributed by atoms with van der Waals surface area (Å²) in [6.45, 7) is 1.78. The molecule has 2 aliphatic heterocycles. The van der Waals surface area contributed by atoms with Crippen molar-refractivity contribution >= 4 is 35.7 Å². The van der Waals surface area contributed by atoms with Crippen molar-refractivity contribution in [2.45, 2.75) is 45.2 Å². The molecule has 2 aliphatic rings. The lowest BCUT2D eigenvalue weighted by molar-refractivity contribution is -0.143. The minimum atomic E-state index is -1.14. The van der Waals surface area contributed by atoms with Crippen molar-refractivity contribution in [3.8, 4) is 0 Å². The lowest BCUT2D eigenvalue weighted by atomic mass is 9.95. The Balaban J connectivity index is 1.51. The first-order valence-electron chi connectivity index (χ1n) is 11.7. The second-order valence-electron chi connectivity index (χ2n) is 8.80. The highest BCUT2D eigenvalue weighted by Gasteiger charge is 2.42. The standard InChI is InChI=1S/C26H26N4O6/c1-2-3-12-19-21(31)27-25(35)29(23(19)33)14-16-8-7-9-17(13-16)15-30-24(34)20(22(32)28-26(30)36)18-10-5-4-6-11-18/h4-11,13,19-20H,2-3,12,14-15H2,1H3,(H,27,31,35)(H,28,32,36). The topological polar surface area (TPSA) is 133 Å². The second-order valence-corrected chi connectivity index (χ2v) is 8.80. The summed E-state index contributed by atoms with van der Waals surface area (Å²) in [5, 5.41) is 4.48. The molecule has 2 aromatic carbocycles. The maximum absolute atomic E-state index is 13.1. The molecule has 186 valence electrons. The minimum Gasteiger partial charge on any atom is -0.277 e. The quantitative estimate of drug-likeness (QED) is 0.546. The second kappa shape index (κ2) is 10.5. The molecule has 2 heterocycles. The number of barbiturate groups is 2. The van der Waals surface area contributed by atoms with Crippen LogP contribution in [0.15, 0.2) is 54.6 Å². The molecule has 10 heteroatoms. The van der Waals surface area contributed by atoms with Crippen molar-refractivity contribution < 1.29 is 28.8 Å². The molecule has 0 bridgehead atoms. The molecule has 8 amide bonds. The Morgan fingerprint density at radius 1 is 0.722 bits per heavy atom. The van der Waals surface area contributed by atoms with Gasteiger partial charge in [0.25, 0.3) is 0 Å². The van der Waals surface area contributed by atoms with Crippen LogP contribution < -0.4 is 10.6 Å². The zero-order valence-corrected chi connectivity index (χ0v) is 19.7. The number of carbonyl (C=O) groups is 6. The van der Waals surface area contributed by atoms with E-state index in [1.165, 1.54) is 0 Å². The number of hydrogen-bond donors (Lipinski definition) is 2. The van der Waals surface area contributed by atoms with Crippen molar-refractivity contribution in [2.75, 3.05) is 0 Å². The summed E-state index contributed by atoms with van der Waals surface area (Å²) in [7, 11) is 0. The third kappa shape index (κ3) is 5.02. The molecule has 0 aromatic heterocycles. The van der Waals surface area contributed by atoms with Crippen molar-refractivity contribution in [1.29, 1.82) is 0 Å². The van der Waals surface area contributed by atoms with Gasteiger partial charge < -0.3 is 0 Å². The Morgan fingerprint density at radius 2 is 1.31 bits per heavy atom. The molecule has 2 fully saturated rings. The third-order valence-electron chi connectivity index (χ3n) is 6.26. The van der Waals surface area contributed by atoms with Crippen LogP contribution in [-0.4, -0.2) is 45.5 Å². The van der Waals surface area contributed by atoms with Crippen molar-refractivity contribution in [2.24, 2.45) is 5.92 Å². The maximum atomic E-state index is 13.1. The molecule has 0 saturated carbocycles. The number of hydrogen-bond acceptors (Lipinski definition) is 6. The van der Waals surface area contributed by atoms with Crippen LogP contribution >= 0.6 is 0 Å². The molecular formula is C26H26N4O6. The largest absolute Gasteiger partial charge is 0.331 e. The van der Waals surface area contributed by atoms with Crippen LogP contribution in [0.5, 0.6) is 0 Å². The minimum absolute atomic E-state index is 0.0698. The molecule has 10 nitrogen and oxygen atoms in total. The Bertz CT molecular complexity index is 1230. The number of benzene rings is 2. The summed E-state index contributed by atoms with van der Waals surface area (Å²) in [5.41, 5.74) is 1.63. The van der Waals surface area contributed by atoms with Crippen LogP contribution in [-0.2, 0) is 32.3 Å². The van der Waals surface area contributed by atoms with Gasteiger partial charge in [-0.1, -0.05) is 74.4 Å². The third-order valence-corrected chi connectivity index (χ3v) is 6.26. The van der Waals surface area contributed by atoms with E-state index in [1.807, 2.05) is 6.92 Å². The molecule has 36 heavy (non-hydrogen) atoms. The highest BCUT2D eigenvalue weighted by Crippen LogP contribution is 2.25. The fraction of sp³-hybridized carbons (Fsp3) is 0.308. The van der Waals surface area contributed by atoms with Crippen molar-refractivity contribution in [3.05, 3.63) is 71.3 Å². The van der Waals surface area contributed by atoms with E-state index in [4.69, 9.17) is 0 Å². The van der Waals surface area contributed by atoms with Crippen LogP contribution in [0.25, 0.3) is 0 Å². The molecule has 2 N–H and O–H groups in total. The average Bonchev–Trinajstić information content (AvgIpc) is 2.85. The van der Waals surface area contributed by atoms with Gasteiger partial charge in [0.1, 0.15) is 11.8 Å². The van der Waals surface area contributed by atoms with Gasteiger partial charge in [-0.05, 0) is 23.1 Å². The molecule has 0 radical (unpaired) electrons. The predicted octanol–water partition coefficient (Wildman–Crippen LogP) is 2.43. The van der Waals surface area contributed by atoms with Gasteiger partial charge in [0, 0.05) is 0 Å². The zero-order chi connectivity index (χ0) is 25.8. The van der Waals surface area contributed by atoms with Gasteiger partial charge in [-0.3, -0.25) is 39.6 Å². The molecule has 2 atom stereocenters. The lowest BCUT2D eigenvalue weighted by Crippen LogP contribution is -2.57. The number of urea groups is 2. The number of nitrogens with zero attached hydrogens (tertiary/aromatic N) is 2. The van der Waals surface area contributed by atoms with Crippen LogP contribution in [0, 0.1) is 5.92 Å². The van der Waals surface area contributed by atoms with E-state index >= 15 is 0 Å². The first-order chi connectivity index (χ1) is 17.3. The molecule has 0 spiro atoms. The van der Waals surface area contributed by atoms with Crippen molar-refractivity contribution in [3.63, 3.8) is 0 Å². The van der Waals surface area contributed by atoms with E-state index in [0.29, 0.717) is 29.5 Å². The molecule has 0 aliphatic carbocycles. The summed E-state index contributed by atoms with van der Waals surface area (Å²) < 4.78 is 0. The Labute approximate surface area is 207 Å². The zero-order valence-electron chi connectivity index (χ0n) is 19.7. The van der Waals surface area contributed by atoms with E-state index in [1.54, 1.807) is 54.6 Å². The normalized spacial score (nSPS) is 20.5. The summed E-state index contributed by atoms with van der Waals surface area (Å²) in [4.78, 5) is 77.3. The van der Waals surface area contributed by atoms with Crippen molar-refractivity contribution in [1.82, 2.24) is 20.4 Å². The maximum Gasteiger partial charge on any atom is 0.331 e. The molecular weight excluding hydrogens is 464 g/mol. The Hall–Kier alpha value is -4.34. The molecule has 2 unspecified atom stereocenters. The summed E-state index contributed by atoms with van der Waals surface area (Å²) >= 11 is 0. The van der Waals surface area contributed by atoms with Gasteiger partial charge in [0.2, 0.25) is 23.6 Å². The van der Waals surface area contributed by atoms with Gasteiger partial charge in [-0.15, -0.1) is 0 Å². The summed E-state index contributed by atoms with van der Waals surface area (Å²) in [6.07, 6.45) is 1.85. The first-order valence-corrected chi connectivity index (χ1v) is 11.7. The fourth-order valence-corrected chi connectivity index (χ4v) is 4.37. The monoisotopic (exact) mass is 490 g/mol. The molecule has 2 aromatic rings. The van der Waals surface area contributed by atoms with Gasteiger partial charge in [-0.2, -0.15) is 0 Å². The summed E-state index contributed by atoms with van der Waals surface area (Å²) in [6, 6.07) is 13.6. The highest BCUT2D eigenvalue weighted by molar-refractivity contribution is 6.19. The van der Waals surface area contributed by atoms with Crippen LogP contribution in [0.3, 0.4) is 0 Å². The van der Waals surface area contributed by atoms with Crippen LogP contribution in [0.1, 0.15) is 48.8 Å². The van der Waals surface area contributed by atoms with E-state index in [2.05, 4.69) is 10.6 Å². The smallest absolute Gasteiger partial charge is 0.277 e. The van der Waals surface area contributed by atoms with Gasteiger partial charge in [0.05, 0.1) is 13.1 Å². The van der Waals surface area contributed by atoms with E-state index in [9.17, 15) is 28.8 Å². The number of nitrogens with one attached hydrogen (secondary N) is 2. The summed E-state index contributed by atoms with van der Waals surface area (Å²) in [5.74, 6) is -4.49. The first kappa shape index (κ1) is 24.8. The Morgan fingerprint density at radius 3 is 1.92 bits per heavy atom. The number of rotatable bonds is 8. The van der Waals surface area contributed by atoms with E-state index < -0.39 is 47.5 Å². The van der Waals surface area contributed by atoms with Gasteiger partial charge in [0.15, 0.2) is 0 Å². The number of imide groups is 4. The fourth-order valence-electron chi connectivity index (χ4n) is 4.37. The van der Waals surface area contributed by atoms with E-state index in [0.717, 1.165) is 16.2 Å². The molecule has 2 saturated heterocycles. The van der Waals surface area contributed by atoms with Gasteiger partial charge >= 0.3 is 12.1 Å². The van der Waals surface area contributed by atoms with Gasteiger partial charge in [-0.25, -0.2) is 9.59 Å². The lowest BCUT2D eigenvalue weighted by Gasteiger charge is -2.31. The average molecular weight is 491 g/mol. The SMILES string of the molecule is CCCCC1C(=O)NC(=O)N(Cc2cccc(CN3C(=O)NC(=O)C(c4ccccc4)C3=O)c2)C1=O.